The smallest absolute Gasteiger partial charge is 0.122 e. The van der Waals surface area contributed by atoms with Gasteiger partial charge in [0, 0.05) is 22.7 Å². The lowest BCUT2D eigenvalue weighted by molar-refractivity contribution is 0.306. The standard InChI is InChI=1S/C30H26N4OS/c31-16-27-21(13-14-36-27)17-35-22-9-5-19(6-10-22)29-24-11-7-18-3-1-2-4-23(18)28(24)25-15-20(30(32)33)8-12-26(25)34-29/h1-6,8-10,12-15,24,28-29,34H,7,11,17H2,(H3,32,33). The number of rotatable bonds is 5. The van der Waals surface area contributed by atoms with Crippen LogP contribution in [0.1, 0.15) is 56.6 Å². The number of fused-ring (bicyclic) bond motifs is 5. The quantitative estimate of drug-likeness (QED) is 0.225. The average molecular weight is 491 g/mol. The second kappa shape index (κ2) is 9.18. The fourth-order valence-corrected chi connectivity index (χ4v) is 6.45. The van der Waals surface area contributed by atoms with Gasteiger partial charge < -0.3 is 15.8 Å². The molecule has 2 heterocycles. The molecule has 0 amide bonds. The van der Waals surface area contributed by atoms with Gasteiger partial charge in [-0.15, -0.1) is 11.3 Å². The van der Waals surface area contributed by atoms with E-state index in [4.69, 9.17) is 15.9 Å². The largest absolute Gasteiger partial charge is 0.489 e. The van der Waals surface area contributed by atoms with Crippen molar-refractivity contribution in [1.29, 1.82) is 10.7 Å². The lowest BCUT2D eigenvalue weighted by Gasteiger charge is -2.44. The van der Waals surface area contributed by atoms with E-state index in [1.807, 2.05) is 29.6 Å². The van der Waals surface area contributed by atoms with Crippen LogP contribution in [-0.2, 0) is 13.0 Å². The minimum atomic E-state index is 0.0977. The maximum Gasteiger partial charge on any atom is 0.122 e. The monoisotopic (exact) mass is 490 g/mol. The number of aryl methyl sites for hydroxylation is 1. The van der Waals surface area contributed by atoms with Crippen molar-refractivity contribution >= 4 is 22.9 Å². The van der Waals surface area contributed by atoms with Crippen molar-refractivity contribution in [3.63, 3.8) is 0 Å². The van der Waals surface area contributed by atoms with E-state index < -0.39 is 0 Å². The van der Waals surface area contributed by atoms with Crippen molar-refractivity contribution in [3.8, 4) is 11.8 Å². The molecule has 6 rings (SSSR count). The van der Waals surface area contributed by atoms with Crippen LogP contribution in [-0.4, -0.2) is 5.84 Å². The van der Waals surface area contributed by atoms with Gasteiger partial charge >= 0.3 is 0 Å². The van der Waals surface area contributed by atoms with Crippen LogP contribution in [0.25, 0.3) is 0 Å². The number of nitrogen functional groups attached to an aromatic ring is 1. The van der Waals surface area contributed by atoms with Gasteiger partial charge in [-0.2, -0.15) is 5.26 Å². The molecule has 178 valence electrons. The van der Waals surface area contributed by atoms with Gasteiger partial charge in [0.1, 0.15) is 29.1 Å². The van der Waals surface area contributed by atoms with Crippen molar-refractivity contribution in [3.05, 3.63) is 116 Å². The molecule has 0 radical (unpaired) electrons. The molecule has 0 saturated carbocycles. The predicted octanol–water partition coefficient (Wildman–Crippen LogP) is 6.34. The number of amidine groups is 1. The molecule has 3 aromatic carbocycles. The zero-order valence-corrected chi connectivity index (χ0v) is 20.5. The lowest BCUT2D eigenvalue weighted by Crippen LogP contribution is -2.35. The Hall–Kier alpha value is -4.08. The van der Waals surface area contributed by atoms with Crippen LogP contribution in [0.2, 0.25) is 0 Å². The molecule has 1 aliphatic carbocycles. The van der Waals surface area contributed by atoms with Crippen molar-refractivity contribution in [2.24, 2.45) is 11.7 Å². The van der Waals surface area contributed by atoms with Gasteiger partial charge in [0.25, 0.3) is 0 Å². The van der Waals surface area contributed by atoms with E-state index >= 15 is 0 Å². The lowest BCUT2D eigenvalue weighted by atomic mass is 9.65. The number of nitrogens with zero attached hydrogens (tertiary/aromatic N) is 1. The van der Waals surface area contributed by atoms with Gasteiger partial charge in [-0.25, -0.2) is 0 Å². The molecule has 2 aliphatic rings. The summed E-state index contributed by atoms with van der Waals surface area (Å²) in [5.41, 5.74) is 13.9. The second-order valence-electron chi connectivity index (χ2n) is 9.46. The first-order valence-electron chi connectivity index (χ1n) is 12.1. The highest BCUT2D eigenvalue weighted by molar-refractivity contribution is 7.10. The number of hydrogen-bond acceptors (Lipinski definition) is 5. The highest BCUT2D eigenvalue weighted by atomic mass is 32.1. The maximum atomic E-state index is 9.23. The summed E-state index contributed by atoms with van der Waals surface area (Å²) in [5.74, 6) is 1.52. The first-order valence-corrected chi connectivity index (χ1v) is 13.0. The van der Waals surface area contributed by atoms with Gasteiger partial charge in [0.15, 0.2) is 0 Å². The van der Waals surface area contributed by atoms with Crippen LogP contribution >= 0.6 is 11.3 Å². The second-order valence-corrected chi connectivity index (χ2v) is 10.4. The number of nitrogens with two attached hydrogens (primary N) is 1. The van der Waals surface area contributed by atoms with Crippen LogP contribution in [0.4, 0.5) is 5.69 Å². The van der Waals surface area contributed by atoms with Crippen LogP contribution in [0.5, 0.6) is 5.75 Å². The highest BCUT2D eigenvalue weighted by Crippen LogP contribution is 2.52. The molecule has 0 bridgehead atoms. The Kier molecular flexibility index (Phi) is 5.71. The van der Waals surface area contributed by atoms with Crippen molar-refractivity contribution in [2.75, 3.05) is 5.32 Å². The third-order valence-corrected chi connectivity index (χ3v) is 8.35. The fourth-order valence-electron chi connectivity index (χ4n) is 5.75. The summed E-state index contributed by atoms with van der Waals surface area (Å²) in [4.78, 5) is 0.702. The van der Waals surface area contributed by atoms with Crippen LogP contribution < -0.4 is 15.8 Å². The fraction of sp³-hybridized carbons (Fsp3) is 0.200. The maximum absolute atomic E-state index is 9.23. The number of anilines is 1. The molecule has 6 heteroatoms. The zero-order valence-electron chi connectivity index (χ0n) is 19.7. The molecule has 0 saturated heterocycles. The van der Waals surface area contributed by atoms with Crippen LogP contribution in [0, 0.1) is 22.7 Å². The molecule has 0 fully saturated rings. The molecule has 4 aromatic rings. The minimum Gasteiger partial charge on any atom is -0.489 e. The van der Waals surface area contributed by atoms with Crippen molar-refractivity contribution in [2.45, 2.75) is 31.4 Å². The molecule has 36 heavy (non-hydrogen) atoms. The van der Waals surface area contributed by atoms with Gasteiger partial charge in [0.2, 0.25) is 0 Å². The normalized spacial score (nSPS) is 19.7. The summed E-state index contributed by atoms with van der Waals surface area (Å²) in [5, 5.41) is 22.9. The van der Waals surface area contributed by atoms with E-state index in [1.54, 1.807) is 0 Å². The van der Waals surface area contributed by atoms with Gasteiger partial charge in [-0.1, -0.05) is 36.4 Å². The SMILES string of the molecule is N#Cc1sccc1COc1ccc(C2Nc3ccc(C(=N)N)cc3C3c4ccccc4CCC23)cc1. The molecule has 1 aliphatic heterocycles. The first-order chi connectivity index (χ1) is 17.6. The van der Waals surface area contributed by atoms with E-state index in [2.05, 4.69) is 59.9 Å². The number of nitriles is 1. The summed E-state index contributed by atoms with van der Waals surface area (Å²) < 4.78 is 5.98. The van der Waals surface area contributed by atoms with E-state index in [0.29, 0.717) is 17.4 Å². The van der Waals surface area contributed by atoms with Crippen molar-refractivity contribution < 1.29 is 4.74 Å². The molecule has 3 atom stereocenters. The summed E-state index contributed by atoms with van der Waals surface area (Å²) in [6.07, 6.45) is 2.14. The first kappa shape index (κ1) is 22.4. The number of thiophene rings is 1. The summed E-state index contributed by atoms with van der Waals surface area (Å²) in [7, 11) is 0. The number of hydrogen-bond donors (Lipinski definition) is 3. The third-order valence-electron chi connectivity index (χ3n) is 7.48. The Morgan fingerprint density at radius 3 is 2.72 bits per heavy atom. The predicted molar refractivity (Wildman–Crippen MR) is 144 cm³/mol. The highest BCUT2D eigenvalue weighted by Gasteiger charge is 2.41. The molecule has 4 N–H and O–H groups in total. The Morgan fingerprint density at radius 1 is 1.08 bits per heavy atom. The number of nitrogens with one attached hydrogen (secondary N) is 2. The third kappa shape index (κ3) is 3.92. The molecular formula is C30H26N4OS. The molecule has 3 unspecified atom stereocenters. The van der Waals surface area contributed by atoms with E-state index in [-0.39, 0.29) is 17.8 Å². The van der Waals surface area contributed by atoms with Gasteiger partial charge in [-0.3, -0.25) is 5.41 Å². The molecule has 0 spiro atoms. The average Bonchev–Trinajstić information content (AvgIpc) is 3.38. The molecular weight excluding hydrogens is 464 g/mol. The van der Waals surface area contributed by atoms with Gasteiger partial charge in [0.05, 0.1) is 6.04 Å². The van der Waals surface area contributed by atoms with Crippen LogP contribution in [0.15, 0.2) is 78.2 Å². The van der Waals surface area contributed by atoms with E-state index in [1.165, 1.54) is 33.6 Å². The Morgan fingerprint density at radius 2 is 1.92 bits per heavy atom. The number of ether oxygens (including phenoxy) is 1. The van der Waals surface area contributed by atoms with E-state index in [9.17, 15) is 5.26 Å². The summed E-state index contributed by atoms with van der Waals surface area (Å²) >= 11 is 1.44. The molecule has 5 nitrogen and oxygen atoms in total. The Balaban J connectivity index is 1.32. The van der Waals surface area contributed by atoms with Crippen LogP contribution in [0.3, 0.4) is 0 Å². The van der Waals surface area contributed by atoms with E-state index in [0.717, 1.165) is 35.4 Å². The Labute approximate surface area is 214 Å². The molecule has 1 aromatic heterocycles. The topological polar surface area (TPSA) is 94.9 Å². The minimum absolute atomic E-state index is 0.0977. The van der Waals surface area contributed by atoms with Gasteiger partial charge in [-0.05, 0) is 82.8 Å². The summed E-state index contributed by atoms with van der Waals surface area (Å²) in [6, 6.07) is 27.5. The number of benzene rings is 3. The van der Waals surface area contributed by atoms with Crippen molar-refractivity contribution in [1.82, 2.24) is 0 Å². The zero-order chi connectivity index (χ0) is 24.6. The summed E-state index contributed by atoms with van der Waals surface area (Å²) in [6.45, 7) is 0.390. The Bertz CT molecular complexity index is 1480.